The Kier molecular flexibility index (Phi) is 10.6. The molecule has 1 heterocycles. The molecule has 0 saturated heterocycles. The van der Waals surface area contributed by atoms with Crippen molar-refractivity contribution in [1.82, 2.24) is 4.57 Å². The van der Waals surface area contributed by atoms with Crippen LogP contribution in [0.15, 0.2) is 115 Å². The summed E-state index contributed by atoms with van der Waals surface area (Å²) in [6.45, 7) is 5.07. The Hall–Kier alpha value is -3.57. The third kappa shape index (κ3) is 7.80. The van der Waals surface area contributed by atoms with Crippen LogP contribution in [0.4, 0.5) is 0 Å². The van der Waals surface area contributed by atoms with Crippen molar-refractivity contribution < 1.29 is 44.2 Å². The third-order valence-electron chi connectivity index (χ3n) is 7.27. The van der Waals surface area contributed by atoms with E-state index in [1.165, 1.54) is 27.9 Å². The molecule has 5 rings (SSSR count). The Labute approximate surface area is 264 Å². The molecule has 0 saturated carbocycles. The van der Waals surface area contributed by atoms with E-state index in [1.54, 1.807) is 0 Å². The second-order valence-electron chi connectivity index (χ2n) is 10.2. The number of aliphatic carboxylic acids is 1. The first kappa shape index (κ1) is 30.4. The Balaban J connectivity index is 0.00000387. The number of carbonyl (C=O) groups is 1. The average molecular weight is 552 g/mol. The van der Waals surface area contributed by atoms with Gasteiger partial charge >= 0.3 is 29.6 Å². The van der Waals surface area contributed by atoms with E-state index in [0.717, 1.165) is 36.2 Å². The maximum atomic E-state index is 11.7. The Bertz CT molecular complexity index is 1540. The van der Waals surface area contributed by atoms with Crippen LogP contribution in [0.25, 0.3) is 22.4 Å². The number of hydrogen-bond donors (Lipinski definition) is 0. The number of aromatic nitrogens is 1. The van der Waals surface area contributed by atoms with Crippen molar-refractivity contribution in [3.63, 3.8) is 0 Å². The number of carboxylic acids is 1. The first-order valence-electron chi connectivity index (χ1n) is 13.9. The predicted molar refractivity (Wildman–Crippen MR) is 159 cm³/mol. The van der Waals surface area contributed by atoms with Gasteiger partial charge in [0.2, 0.25) is 0 Å². The molecule has 0 N–H and O–H groups in total. The monoisotopic (exact) mass is 551 g/mol. The molecule has 1 aromatic heterocycles. The molecular formula is C36H34NNaO3. The van der Waals surface area contributed by atoms with Gasteiger partial charge in [0.25, 0.3) is 0 Å². The molecule has 0 bridgehead atoms. The molecule has 0 fully saturated rings. The summed E-state index contributed by atoms with van der Waals surface area (Å²) in [5, 5.41) is 11.7. The van der Waals surface area contributed by atoms with E-state index in [4.69, 9.17) is 4.74 Å². The van der Waals surface area contributed by atoms with Gasteiger partial charge in [0.15, 0.2) is 0 Å². The summed E-state index contributed by atoms with van der Waals surface area (Å²) in [6, 6.07) is 38.9. The van der Waals surface area contributed by atoms with E-state index >= 15 is 0 Å². The van der Waals surface area contributed by atoms with E-state index < -0.39 is 12.1 Å². The van der Waals surface area contributed by atoms with Crippen LogP contribution in [-0.4, -0.2) is 16.6 Å². The summed E-state index contributed by atoms with van der Waals surface area (Å²) >= 11 is 0. The molecule has 5 heteroatoms. The fraction of sp³-hybridized carbons (Fsp3) is 0.194. The Morgan fingerprint density at radius 1 is 0.732 bits per heavy atom. The predicted octanol–water partition coefficient (Wildman–Crippen LogP) is 3.88. The molecule has 0 radical (unpaired) electrons. The van der Waals surface area contributed by atoms with E-state index in [2.05, 4.69) is 79.1 Å². The molecule has 4 aromatic carbocycles. The fourth-order valence-electron chi connectivity index (χ4n) is 5.04. The maximum Gasteiger partial charge on any atom is 1.00 e. The molecule has 0 aliphatic heterocycles. The number of ether oxygens (including phenoxy) is 1. The van der Waals surface area contributed by atoms with Gasteiger partial charge in [0, 0.05) is 24.4 Å². The van der Waals surface area contributed by atoms with E-state index in [9.17, 15) is 9.90 Å². The molecule has 0 aliphatic carbocycles. The van der Waals surface area contributed by atoms with Crippen LogP contribution in [0.5, 0.6) is 5.75 Å². The second-order valence-corrected chi connectivity index (χ2v) is 10.2. The van der Waals surface area contributed by atoms with Gasteiger partial charge in [0.05, 0.1) is 5.97 Å². The minimum atomic E-state index is -1.23. The van der Waals surface area contributed by atoms with Gasteiger partial charge in [-0.3, -0.25) is 0 Å². The summed E-state index contributed by atoms with van der Waals surface area (Å²) in [7, 11) is 0. The van der Waals surface area contributed by atoms with Crippen molar-refractivity contribution in [3.05, 3.63) is 138 Å². The van der Waals surface area contributed by atoms with Crippen molar-refractivity contribution >= 4 is 5.97 Å². The molecule has 5 aromatic rings. The van der Waals surface area contributed by atoms with Crippen molar-refractivity contribution in [2.24, 2.45) is 0 Å². The van der Waals surface area contributed by atoms with Crippen molar-refractivity contribution in [1.29, 1.82) is 0 Å². The summed E-state index contributed by atoms with van der Waals surface area (Å²) in [6.07, 6.45) is 1.46. The number of nitrogens with zero attached hydrogens (tertiary/aromatic N) is 1. The van der Waals surface area contributed by atoms with Crippen LogP contribution in [0, 0.1) is 6.92 Å². The van der Waals surface area contributed by atoms with Crippen molar-refractivity contribution in [2.45, 2.75) is 45.8 Å². The van der Waals surface area contributed by atoms with Crippen molar-refractivity contribution in [2.75, 3.05) is 0 Å². The standard InChI is InChI=1S/C36H35NO3.Na/c1-3-7-27-11-15-30(16-12-27)31-17-13-29(14-18-31)25-37-26(2)10-23-34(37)32-19-21-33(22-20-32)40-35(36(38)39)24-28-8-5-4-6-9-28;/h4-6,8-23,35H,3,7,24-25H2,1-2H3,(H,38,39);/q;+1/p-1/t35-;/m1./s1. The van der Waals surface area contributed by atoms with Crippen LogP contribution >= 0.6 is 0 Å². The number of benzene rings is 4. The topological polar surface area (TPSA) is 54.3 Å². The van der Waals surface area contributed by atoms with Crippen LogP contribution in [0.2, 0.25) is 0 Å². The van der Waals surface area contributed by atoms with Crippen LogP contribution in [0.3, 0.4) is 0 Å². The zero-order valence-electron chi connectivity index (χ0n) is 24.0. The third-order valence-corrected chi connectivity index (χ3v) is 7.27. The normalized spacial score (nSPS) is 11.5. The second kappa shape index (κ2) is 14.4. The van der Waals surface area contributed by atoms with Gasteiger partial charge in [-0.2, -0.15) is 0 Å². The number of hydrogen-bond acceptors (Lipinski definition) is 3. The molecule has 0 unspecified atom stereocenters. The number of aryl methyl sites for hydroxylation is 2. The molecule has 202 valence electrons. The number of rotatable bonds is 11. The smallest absolute Gasteiger partial charge is 0.546 e. The van der Waals surface area contributed by atoms with Crippen LogP contribution in [-0.2, 0) is 24.2 Å². The van der Waals surface area contributed by atoms with Gasteiger partial charge in [0.1, 0.15) is 11.9 Å². The largest absolute Gasteiger partial charge is 1.00 e. The maximum absolute atomic E-state index is 11.7. The fourth-order valence-corrected chi connectivity index (χ4v) is 5.04. The van der Waals surface area contributed by atoms with Crippen molar-refractivity contribution in [3.8, 4) is 28.1 Å². The van der Waals surface area contributed by atoms with Crippen LogP contribution < -0.4 is 39.4 Å². The average Bonchev–Trinajstić information content (AvgIpc) is 3.34. The molecule has 0 amide bonds. The molecule has 41 heavy (non-hydrogen) atoms. The molecule has 0 aliphatic rings. The Morgan fingerprint density at radius 3 is 1.90 bits per heavy atom. The van der Waals surface area contributed by atoms with E-state index in [-0.39, 0.29) is 36.0 Å². The first-order chi connectivity index (χ1) is 19.5. The molecule has 1 atom stereocenters. The molecule has 0 spiro atoms. The number of carboxylic acid groups (broad SMARTS) is 1. The Morgan fingerprint density at radius 2 is 1.32 bits per heavy atom. The zero-order valence-corrected chi connectivity index (χ0v) is 26.0. The van der Waals surface area contributed by atoms with Gasteiger partial charge in [-0.25, -0.2) is 0 Å². The van der Waals surface area contributed by atoms with Gasteiger partial charge < -0.3 is 19.2 Å². The van der Waals surface area contributed by atoms with Gasteiger partial charge in [-0.15, -0.1) is 0 Å². The minimum absolute atomic E-state index is 0. The first-order valence-corrected chi connectivity index (χ1v) is 13.9. The van der Waals surface area contributed by atoms with Crippen LogP contribution in [0.1, 0.15) is 35.7 Å². The SMILES string of the molecule is CCCc1ccc(-c2ccc(Cn3c(C)ccc3-c3ccc(O[C@H](Cc4ccccc4)C(=O)[O-])cc3)cc2)cc1.[Na+]. The summed E-state index contributed by atoms with van der Waals surface area (Å²) in [4.78, 5) is 11.7. The van der Waals surface area contributed by atoms with Gasteiger partial charge in [-0.05, 0) is 83.1 Å². The van der Waals surface area contributed by atoms with Gasteiger partial charge in [-0.1, -0.05) is 92.2 Å². The van der Waals surface area contributed by atoms with E-state index in [1.807, 2.05) is 54.6 Å². The molecular weight excluding hydrogens is 517 g/mol. The molecule has 4 nitrogen and oxygen atoms in total. The summed E-state index contributed by atoms with van der Waals surface area (Å²) in [5.41, 5.74) is 9.25. The van der Waals surface area contributed by atoms with E-state index in [0.29, 0.717) is 5.75 Å². The minimum Gasteiger partial charge on any atom is -0.546 e. The summed E-state index contributed by atoms with van der Waals surface area (Å²) < 4.78 is 8.09. The quantitative estimate of drug-likeness (QED) is 0.234. The zero-order chi connectivity index (χ0) is 27.9. The number of carbonyl (C=O) groups excluding carboxylic acids is 1. The summed E-state index contributed by atoms with van der Waals surface area (Å²) in [5.74, 6) is -0.723.